The largest absolute Gasteiger partial charge is 0.399 e. The van der Waals surface area contributed by atoms with Crippen LogP contribution in [0.5, 0.6) is 0 Å². The lowest BCUT2D eigenvalue weighted by molar-refractivity contribution is 0.0730. The van der Waals surface area contributed by atoms with Crippen molar-refractivity contribution in [1.29, 1.82) is 0 Å². The van der Waals surface area contributed by atoms with Crippen LogP contribution in [0.15, 0.2) is 17.0 Å². The van der Waals surface area contributed by atoms with Gasteiger partial charge in [0.25, 0.3) is 0 Å². The summed E-state index contributed by atoms with van der Waals surface area (Å²) in [6.07, 6.45) is 4.07. The highest BCUT2D eigenvalue weighted by atomic mass is 32.2. The zero-order chi connectivity index (χ0) is 13.1. The summed E-state index contributed by atoms with van der Waals surface area (Å²) < 4.78 is 32.7. The second-order valence-corrected chi connectivity index (χ2v) is 5.89. The Labute approximate surface area is 110 Å². The molecule has 1 fully saturated rings. The van der Waals surface area contributed by atoms with Gasteiger partial charge in [-0.2, -0.15) is 0 Å². The molecule has 1 aromatic carbocycles. The van der Waals surface area contributed by atoms with Crippen LogP contribution in [0.25, 0.3) is 0 Å². The van der Waals surface area contributed by atoms with Crippen molar-refractivity contribution in [2.45, 2.75) is 41.9 Å². The first-order valence-corrected chi connectivity index (χ1v) is 6.92. The van der Waals surface area contributed by atoms with Crippen molar-refractivity contribution < 1.29 is 13.5 Å². The van der Waals surface area contributed by atoms with Crippen molar-refractivity contribution in [3.05, 3.63) is 23.8 Å². The molecule has 0 amide bonds. The van der Waals surface area contributed by atoms with Crippen molar-refractivity contribution in [3.8, 4) is 0 Å². The Kier molecular flexibility index (Phi) is 4.45. The van der Waals surface area contributed by atoms with Crippen LogP contribution in [0, 0.1) is 11.6 Å². The zero-order valence-corrected chi connectivity index (χ0v) is 11.1. The summed E-state index contributed by atoms with van der Waals surface area (Å²) in [7, 11) is 1.68. The number of hydrogen-bond donors (Lipinski definition) is 1. The maximum Gasteiger partial charge on any atom is 0.141 e. The summed E-state index contributed by atoms with van der Waals surface area (Å²) in [6.45, 7) is 0. The molecule has 0 saturated heterocycles. The van der Waals surface area contributed by atoms with Crippen LogP contribution < -0.4 is 5.73 Å². The fourth-order valence-corrected chi connectivity index (χ4v) is 3.55. The molecule has 2 unspecified atom stereocenters. The van der Waals surface area contributed by atoms with E-state index in [9.17, 15) is 8.78 Å². The molecule has 1 aromatic rings. The summed E-state index contributed by atoms with van der Waals surface area (Å²) >= 11 is 1.26. The van der Waals surface area contributed by atoms with Gasteiger partial charge in [-0.25, -0.2) is 8.78 Å². The number of nitrogens with two attached hydrogens (primary N) is 1. The number of methoxy groups -OCH3 is 1. The third-order valence-electron chi connectivity index (χ3n) is 3.22. The number of thioether (sulfide) groups is 1. The fraction of sp³-hybridized carbons (Fsp3) is 0.538. The molecule has 1 aliphatic carbocycles. The second kappa shape index (κ2) is 5.89. The Bertz CT molecular complexity index is 404. The van der Waals surface area contributed by atoms with Gasteiger partial charge in [-0.3, -0.25) is 0 Å². The van der Waals surface area contributed by atoms with Crippen LogP contribution in [0.4, 0.5) is 14.5 Å². The van der Waals surface area contributed by atoms with E-state index in [1.54, 1.807) is 7.11 Å². The summed E-state index contributed by atoms with van der Waals surface area (Å²) in [5.41, 5.74) is 5.51. The highest BCUT2D eigenvalue weighted by Gasteiger charge is 2.24. The van der Waals surface area contributed by atoms with Gasteiger partial charge in [0, 0.05) is 18.0 Å². The molecule has 0 bridgehead atoms. The zero-order valence-electron chi connectivity index (χ0n) is 10.3. The minimum Gasteiger partial charge on any atom is -0.399 e. The number of halogens is 2. The van der Waals surface area contributed by atoms with Crippen LogP contribution in [-0.2, 0) is 4.74 Å². The van der Waals surface area contributed by atoms with Crippen molar-refractivity contribution in [1.82, 2.24) is 0 Å². The summed E-state index contributed by atoms with van der Waals surface area (Å²) in [4.78, 5) is 0.0750. The molecule has 0 aromatic heterocycles. The first kappa shape index (κ1) is 13.6. The molecule has 2 nitrogen and oxygen atoms in total. The van der Waals surface area contributed by atoms with E-state index in [0.717, 1.165) is 25.7 Å². The molecule has 0 heterocycles. The van der Waals surface area contributed by atoms with E-state index < -0.39 is 11.6 Å². The normalized spacial score (nSPS) is 24.2. The number of hydrogen-bond acceptors (Lipinski definition) is 3. The maximum absolute atomic E-state index is 13.7. The van der Waals surface area contributed by atoms with E-state index in [2.05, 4.69) is 0 Å². The standard InChI is InChI=1S/C13H17F2NOS/c1-17-9-3-2-4-10(7-9)18-13-11(14)5-8(16)6-12(13)15/h5-6,9-10H,2-4,7,16H2,1H3. The smallest absolute Gasteiger partial charge is 0.141 e. The van der Waals surface area contributed by atoms with Gasteiger partial charge >= 0.3 is 0 Å². The third kappa shape index (κ3) is 3.14. The Balaban J connectivity index is 2.09. The van der Waals surface area contributed by atoms with Crippen molar-refractivity contribution in [3.63, 3.8) is 0 Å². The van der Waals surface area contributed by atoms with Gasteiger partial charge in [0.1, 0.15) is 11.6 Å². The topological polar surface area (TPSA) is 35.2 Å². The minimum absolute atomic E-state index is 0.0750. The Morgan fingerprint density at radius 2 is 1.94 bits per heavy atom. The predicted molar refractivity (Wildman–Crippen MR) is 69.7 cm³/mol. The van der Waals surface area contributed by atoms with E-state index in [-0.39, 0.29) is 21.9 Å². The van der Waals surface area contributed by atoms with Gasteiger partial charge < -0.3 is 10.5 Å². The van der Waals surface area contributed by atoms with E-state index in [4.69, 9.17) is 10.5 Å². The Hall–Kier alpha value is -0.810. The van der Waals surface area contributed by atoms with E-state index in [1.807, 2.05) is 0 Å². The van der Waals surface area contributed by atoms with E-state index in [0.29, 0.717) is 0 Å². The van der Waals surface area contributed by atoms with Crippen molar-refractivity contribution in [2.24, 2.45) is 0 Å². The number of nitrogen functional groups attached to an aromatic ring is 1. The molecule has 18 heavy (non-hydrogen) atoms. The van der Waals surface area contributed by atoms with E-state index in [1.165, 1.54) is 23.9 Å². The maximum atomic E-state index is 13.7. The van der Waals surface area contributed by atoms with Crippen LogP contribution >= 0.6 is 11.8 Å². The molecule has 0 radical (unpaired) electrons. The molecule has 100 valence electrons. The monoisotopic (exact) mass is 273 g/mol. The average Bonchev–Trinajstić information content (AvgIpc) is 2.34. The van der Waals surface area contributed by atoms with Gasteiger partial charge in [-0.1, -0.05) is 0 Å². The Morgan fingerprint density at radius 1 is 1.28 bits per heavy atom. The molecule has 1 aliphatic rings. The number of ether oxygens (including phenoxy) is 1. The average molecular weight is 273 g/mol. The van der Waals surface area contributed by atoms with Gasteiger partial charge in [0.05, 0.1) is 11.0 Å². The quantitative estimate of drug-likeness (QED) is 0.855. The van der Waals surface area contributed by atoms with Crippen LogP contribution in [0.2, 0.25) is 0 Å². The van der Waals surface area contributed by atoms with Crippen LogP contribution in [0.3, 0.4) is 0 Å². The van der Waals surface area contributed by atoms with Gasteiger partial charge in [-0.05, 0) is 37.8 Å². The van der Waals surface area contributed by atoms with E-state index >= 15 is 0 Å². The number of benzene rings is 1. The summed E-state index contributed by atoms with van der Waals surface area (Å²) in [5.74, 6) is -1.14. The SMILES string of the molecule is COC1CCCC(Sc2c(F)cc(N)cc2F)C1. The lowest BCUT2D eigenvalue weighted by atomic mass is 9.97. The van der Waals surface area contributed by atoms with Crippen molar-refractivity contribution >= 4 is 17.4 Å². The molecule has 0 spiro atoms. The molecule has 2 rings (SSSR count). The third-order valence-corrected chi connectivity index (χ3v) is 4.60. The molecule has 1 saturated carbocycles. The number of anilines is 1. The first-order chi connectivity index (χ1) is 8.60. The van der Waals surface area contributed by atoms with Gasteiger partial charge in [-0.15, -0.1) is 11.8 Å². The second-order valence-electron chi connectivity index (χ2n) is 4.58. The molecule has 5 heteroatoms. The van der Waals surface area contributed by atoms with Crippen molar-refractivity contribution in [2.75, 3.05) is 12.8 Å². The summed E-state index contributed by atoms with van der Waals surface area (Å²) in [5, 5.41) is 0.205. The van der Waals surface area contributed by atoms with Gasteiger partial charge in [0.15, 0.2) is 0 Å². The highest BCUT2D eigenvalue weighted by molar-refractivity contribution is 8.00. The Morgan fingerprint density at radius 3 is 2.56 bits per heavy atom. The van der Waals surface area contributed by atoms with Crippen LogP contribution in [0.1, 0.15) is 25.7 Å². The minimum atomic E-state index is -0.572. The first-order valence-electron chi connectivity index (χ1n) is 6.04. The molecular weight excluding hydrogens is 256 g/mol. The van der Waals surface area contributed by atoms with Crippen LogP contribution in [-0.4, -0.2) is 18.5 Å². The molecule has 2 atom stereocenters. The molecular formula is C13H17F2NOS. The predicted octanol–water partition coefficient (Wildman–Crippen LogP) is 3.60. The molecule has 0 aliphatic heterocycles. The highest BCUT2D eigenvalue weighted by Crippen LogP contribution is 2.37. The molecule has 2 N–H and O–H groups in total. The fourth-order valence-electron chi connectivity index (χ4n) is 2.28. The lowest BCUT2D eigenvalue weighted by Crippen LogP contribution is -2.23. The lowest BCUT2D eigenvalue weighted by Gasteiger charge is -2.27. The van der Waals surface area contributed by atoms with Gasteiger partial charge in [0.2, 0.25) is 0 Å². The number of rotatable bonds is 3. The summed E-state index contributed by atoms with van der Waals surface area (Å²) in [6, 6.07) is 2.34.